The van der Waals surface area contributed by atoms with Gasteiger partial charge in [0.05, 0.1) is 12.3 Å². The van der Waals surface area contributed by atoms with Crippen molar-refractivity contribution in [3.8, 4) is 11.5 Å². The molecule has 0 radical (unpaired) electrons. The van der Waals surface area contributed by atoms with Crippen molar-refractivity contribution >= 4 is 7.37 Å². The second-order valence-electron chi connectivity index (χ2n) is 15.4. The van der Waals surface area contributed by atoms with Gasteiger partial charge in [-0.15, -0.1) is 0 Å². The number of phenols is 2. The quantitative estimate of drug-likeness (QED) is 0.223. The smallest absolute Gasteiger partial charge is 0.209 e. The molecule has 0 aliphatic carbocycles. The van der Waals surface area contributed by atoms with Crippen LogP contribution < -0.4 is 0 Å². The van der Waals surface area contributed by atoms with E-state index in [1.54, 1.807) is 0 Å². The molecule has 230 valence electrons. The molecule has 4 nitrogen and oxygen atoms in total. The maximum atomic E-state index is 14.1. The van der Waals surface area contributed by atoms with Gasteiger partial charge in [-0.25, -0.2) is 0 Å². The Bertz CT molecular complexity index is 1170. The maximum Gasteiger partial charge on any atom is 0.209 e. The predicted octanol–water partition coefficient (Wildman–Crippen LogP) is 9.38. The largest absolute Gasteiger partial charge is 0.507 e. The Labute approximate surface area is 254 Å². The Balaban J connectivity index is 0.00000800. The van der Waals surface area contributed by atoms with Crippen molar-refractivity contribution in [1.29, 1.82) is 0 Å². The molecule has 2 aromatic rings. The van der Waals surface area contributed by atoms with Gasteiger partial charge < -0.3 is 15.1 Å². The third kappa shape index (κ3) is 7.96. The molecule has 0 saturated carbocycles. The van der Waals surface area contributed by atoms with Crippen LogP contribution in [0.1, 0.15) is 141 Å². The summed E-state index contributed by atoms with van der Waals surface area (Å²) >= 11 is 0. The number of benzene rings is 2. The van der Waals surface area contributed by atoms with Crippen molar-refractivity contribution in [2.45, 2.75) is 144 Å². The van der Waals surface area contributed by atoms with Gasteiger partial charge in [-0.3, -0.25) is 4.57 Å². The first kappa shape index (κ1) is 36.7. The minimum atomic E-state index is -3.70. The van der Waals surface area contributed by atoms with Gasteiger partial charge in [0.15, 0.2) is 0 Å². The molecule has 0 bridgehead atoms. The van der Waals surface area contributed by atoms with Crippen LogP contribution in [0.5, 0.6) is 11.5 Å². The molecule has 0 unspecified atom stereocenters. The van der Waals surface area contributed by atoms with E-state index in [4.69, 9.17) is 0 Å². The van der Waals surface area contributed by atoms with Crippen LogP contribution >= 0.6 is 7.37 Å². The topological polar surface area (TPSA) is 77.8 Å². The van der Waals surface area contributed by atoms with E-state index < -0.39 is 7.37 Å². The van der Waals surface area contributed by atoms with Gasteiger partial charge in [0.25, 0.3) is 0 Å². The Kier molecular flexibility index (Phi) is 11.2. The Morgan fingerprint density at radius 2 is 0.875 bits per heavy atom. The van der Waals surface area contributed by atoms with E-state index >= 15 is 0 Å². The van der Waals surface area contributed by atoms with Gasteiger partial charge in [-0.05, 0) is 67.9 Å². The van der Waals surface area contributed by atoms with E-state index in [1.165, 1.54) is 0 Å². The molecule has 0 spiro atoms. The monoisotopic (exact) mass is 616 g/mol. The fraction of sp³-hybridized carbons (Fsp3) is 0.647. The number of hydrogen-bond donors (Lipinski definition) is 3. The van der Waals surface area contributed by atoms with Gasteiger partial charge in [0.1, 0.15) is 11.5 Å². The second kappa shape index (κ2) is 12.1. The van der Waals surface area contributed by atoms with Crippen LogP contribution in [-0.4, -0.2) is 15.1 Å². The zero-order valence-electron chi connectivity index (χ0n) is 27.5. The van der Waals surface area contributed by atoms with Crippen molar-refractivity contribution in [3.63, 3.8) is 0 Å². The van der Waals surface area contributed by atoms with Crippen LogP contribution in [0.4, 0.5) is 0 Å². The molecular formula is C34H55NiO4P. The molecule has 0 aliphatic heterocycles. The summed E-state index contributed by atoms with van der Waals surface area (Å²) in [6.07, 6.45) is 1.42. The van der Waals surface area contributed by atoms with E-state index in [2.05, 4.69) is 83.1 Å². The number of hydrogen-bond acceptors (Lipinski definition) is 3. The first-order chi connectivity index (χ1) is 17.4. The zero-order chi connectivity index (χ0) is 30.5. The van der Waals surface area contributed by atoms with Gasteiger partial charge >= 0.3 is 0 Å². The molecule has 2 rings (SSSR count). The third-order valence-corrected chi connectivity index (χ3v) is 9.33. The Morgan fingerprint density at radius 3 is 1.07 bits per heavy atom. The second-order valence-corrected chi connectivity index (χ2v) is 17.8. The SMILES string of the molecule is CCc1c(CP(=O)(O)Cc2cc(C(C)(C)C)c(O)c(C(C)(C)C)c2CC)cc(C(C)(C)C)c(O)c1C(C)(C)C.[Ni]. The molecule has 6 heteroatoms. The van der Waals surface area contributed by atoms with E-state index in [0.717, 1.165) is 44.5 Å². The van der Waals surface area contributed by atoms with Crippen LogP contribution in [0.3, 0.4) is 0 Å². The Hall–Kier alpha value is -1.28. The molecule has 3 N–H and O–H groups in total. The molecule has 40 heavy (non-hydrogen) atoms. The average Bonchev–Trinajstić information content (AvgIpc) is 2.71. The van der Waals surface area contributed by atoms with Crippen LogP contribution in [-0.2, 0) is 67.9 Å². The summed E-state index contributed by atoms with van der Waals surface area (Å²) in [5, 5.41) is 22.8. The summed E-state index contributed by atoms with van der Waals surface area (Å²) in [6, 6.07) is 3.93. The van der Waals surface area contributed by atoms with Gasteiger partial charge in [-0.1, -0.05) is 109 Å². The van der Waals surface area contributed by atoms with Crippen LogP contribution in [0.25, 0.3) is 0 Å². The summed E-state index contributed by atoms with van der Waals surface area (Å²) in [5.74, 6) is 0.611. The average molecular weight is 617 g/mol. The van der Waals surface area contributed by atoms with Crippen LogP contribution in [0.2, 0.25) is 0 Å². The Morgan fingerprint density at radius 1 is 0.600 bits per heavy atom. The summed E-state index contributed by atoms with van der Waals surface area (Å²) in [4.78, 5) is 11.6. The molecule has 0 aromatic heterocycles. The fourth-order valence-corrected chi connectivity index (χ4v) is 7.71. The molecule has 0 atom stereocenters. The number of aromatic hydroxyl groups is 2. The standard InChI is InChI=1S/C34H55O4P.Ni/c1-15-23-21(17-25(31(3,4)5)29(35)27(23)33(9,10)11)19-39(37,38)20-22-18-26(32(6,7)8)30(36)28(24(22)16-2)34(12,13)14;/h17-18,35-36H,15-16,19-20H2,1-14H3,(H,37,38);. The van der Waals surface area contributed by atoms with Gasteiger partial charge in [-0.2, -0.15) is 0 Å². The summed E-state index contributed by atoms with van der Waals surface area (Å²) < 4.78 is 14.1. The van der Waals surface area contributed by atoms with Crippen molar-refractivity contribution in [1.82, 2.24) is 0 Å². The summed E-state index contributed by atoms with van der Waals surface area (Å²) in [6.45, 7) is 29.0. The minimum absolute atomic E-state index is 0. The molecule has 0 heterocycles. The maximum absolute atomic E-state index is 14.1. The number of rotatable bonds is 6. The summed E-state index contributed by atoms with van der Waals surface area (Å²) in [7, 11) is -3.70. The van der Waals surface area contributed by atoms with E-state index in [0.29, 0.717) is 24.3 Å². The summed E-state index contributed by atoms with van der Waals surface area (Å²) in [5.41, 5.74) is 5.71. The minimum Gasteiger partial charge on any atom is -0.507 e. The van der Waals surface area contributed by atoms with Crippen molar-refractivity contribution in [2.24, 2.45) is 0 Å². The molecule has 2 aromatic carbocycles. The van der Waals surface area contributed by atoms with Gasteiger partial charge in [0, 0.05) is 27.6 Å². The predicted molar refractivity (Wildman–Crippen MR) is 167 cm³/mol. The van der Waals surface area contributed by atoms with E-state index in [9.17, 15) is 19.7 Å². The molecular weight excluding hydrogens is 562 g/mol. The zero-order valence-corrected chi connectivity index (χ0v) is 29.4. The van der Waals surface area contributed by atoms with Crippen molar-refractivity contribution in [2.75, 3.05) is 0 Å². The molecule has 0 fully saturated rings. The van der Waals surface area contributed by atoms with E-state index in [-0.39, 0.29) is 50.5 Å². The van der Waals surface area contributed by atoms with E-state index in [1.807, 2.05) is 26.0 Å². The van der Waals surface area contributed by atoms with Crippen LogP contribution in [0.15, 0.2) is 12.1 Å². The molecule has 0 saturated heterocycles. The van der Waals surface area contributed by atoms with Gasteiger partial charge in [0.2, 0.25) is 7.37 Å². The fourth-order valence-electron chi connectivity index (χ4n) is 5.97. The first-order valence-corrected chi connectivity index (χ1v) is 16.5. The molecule has 0 amide bonds. The van der Waals surface area contributed by atoms with Crippen molar-refractivity contribution in [3.05, 3.63) is 56.6 Å². The molecule has 0 aliphatic rings. The van der Waals surface area contributed by atoms with Crippen molar-refractivity contribution < 1.29 is 36.2 Å². The first-order valence-electron chi connectivity index (χ1n) is 14.4. The van der Waals surface area contributed by atoms with Crippen LogP contribution in [0, 0.1) is 0 Å². The normalized spacial score (nSPS) is 13.4. The third-order valence-electron chi connectivity index (χ3n) is 7.66. The number of phenolic OH excluding ortho intramolecular Hbond substituents is 2.